The van der Waals surface area contributed by atoms with Crippen molar-refractivity contribution in [3.05, 3.63) is 65.2 Å². The molecule has 26 heavy (non-hydrogen) atoms. The van der Waals surface area contributed by atoms with E-state index < -0.39 is 0 Å². The van der Waals surface area contributed by atoms with Gasteiger partial charge < -0.3 is 10.1 Å². The number of amides is 1. The van der Waals surface area contributed by atoms with Crippen LogP contribution in [0.2, 0.25) is 5.02 Å². The summed E-state index contributed by atoms with van der Waals surface area (Å²) in [7, 11) is 0. The molecule has 0 aromatic heterocycles. The maximum absolute atomic E-state index is 12.3. The van der Waals surface area contributed by atoms with E-state index in [-0.39, 0.29) is 11.8 Å². The molecule has 2 aromatic rings. The lowest BCUT2D eigenvalue weighted by Crippen LogP contribution is -2.41. The molecule has 0 aliphatic carbocycles. The molecule has 0 unspecified atom stereocenters. The standard InChI is InChI=1S/C21H25ClN2O2/c22-19-8-4-5-9-20(19)26-15-12-23-21(25)18-10-13-24(14-11-18)16-17-6-2-1-3-7-17/h1-9,18H,10-16H2,(H,23,25). The highest BCUT2D eigenvalue weighted by atomic mass is 35.5. The summed E-state index contributed by atoms with van der Waals surface area (Å²) >= 11 is 6.04. The lowest BCUT2D eigenvalue weighted by molar-refractivity contribution is -0.126. The zero-order valence-corrected chi connectivity index (χ0v) is 15.6. The molecule has 1 fully saturated rings. The van der Waals surface area contributed by atoms with Crippen molar-refractivity contribution >= 4 is 17.5 Å². The normalized spacial score (nSPS) is 15.6. The van der Waals surface area contributed by atoms with Crippen molar-refractivity contribution in [2.75, 3.05) is 26.2 Å². The number of carbonyl (C=O) groups excluding carboxylic acids is 1. The highest BCUT2D eigenvalue weighted by Crippen LogP contribution is 2.23. The van der Waals surface area contributed by atoms with Gasteiger partial charge in [-0.1, -0.05) is 54.1 Å². The van der Waals surface area contributed by atoms with E-state index >= 15 is 0 Å². The quantitative estimate of drug-likeness (QED) is 0.752. The van der Waals surface area contributed by atoms with Gasteiger partial charge in [0.2, 0.25) is 5.91 Å². The summed E-state index contributed by atoms with van der Waals surface area (Å²) in [5.74, 6) is 0.882. The number of rotatable bonds is 7. The molecule has 1 saturated heterocycles. The molecule has 0 saturated carbocycles. The van der Waals surface area contributed by atoms with Crippen molar-refractivity contribution in [3.8, 4) is 5.75 Å². The first kappa shape index (κ1) is 18.7. The van der Waals surface area contributed by atoms with Gasteiger partial charge in [-0.2, -0.15) is 0 Å². The van der Waals surface area contributed by atoms with Gasteiger partial charge >= 0.3 is 0 Å². The minimum Gasteiger partial charge on any atom is -0.490 e. The minimum atomic E-state index is 0.0994. The fraction of sp³-hybridized carbons (Fsp3) is 0.381. The monoisotopic (exact) mass is 372 g/mol. The van der Waals surface area contributed by atoms with Crippen molar-refractivity contribution in [3.63, 3.8) is 0 Å². The second-order valence-electron chi connectivity index (χ2n) is 6.61. The fourth-order valence-corrected chi connectivity index (χ4v) is 3.43. The first-order valence-corrected chi connectivity index (χ1v) is 9.51. The lowest BCUT2D eigenvalue weighted by Gasteiger charge is -2.31. The summed E-state index contributed by atoms with van der Waals surface area (Å²) in [6, 6.07) is 17.8. The lowest BCUT2D eigenvalue weighted by atomic mass is 9.95. The summed E-state index contributed by atoms with van der Waals surface area (Å²) in [5, 5.41) is 3.57. The zero-order chi connectivity index (χ0) is 18.2. The summed E-state index contributed by atoms with van der Waals surface area (Å²) in [4.78, 5) is 14.7. The molecule has 3 rings (SSSR count). The average molecular weight is 373 g/mol. The number of benzene rings is 2. The summed E-state index contributed by atoms with van der Waals surface area (Å²) < 4.78 is 5.60. The van der Waals surface area contributed by atoms with E-state index in [1.807, 2.05) is 24.3 Å². The molecule has 0 atom stereocenters. The van der Waals surface area contributed by atoms with Crippen LogP contribution >= 0.6 is 11.6 Å². The zero-order valence-electron chi connectivity index (χ0n) is 14.9. The number of para-hydroxylation sites is 1. The van der Waals surface area contributed by atoms with E-state index in [1.54, 1.807) is 6.07 Å². The van der Waals surface area contributed by atoms with Gasteiger partial charge in [0, 0.05) is 12.5 Å². The highest BCUT2D eigenvalue weighted by molar-refractivity contribution is 6.32. The van der Waals surface area contributed by atoms with E-state index in [4.69, 9.17) is 16.3 Å². The van der Waals surface area contributed by atoms with Crippen LogP contribution in [0.1, 0.15) is 18.4 Å². The Labute approximate surface area is 160 Å². The second-order valence-corrected chi connectivity index (χ2v) is 7.01. The Morgan fingerprint density at radius 2 is 1.77 bits per heavy atom. The van der Waals surface area contributed by atoms with Crippen LogP contribution in [-0.2, 0) is 11.3 Å². The maximum Gasteiger partial charge on any atom is 0.223 e. The number of halogens is 1. The number of piperidine rings is 1. The van der Waals surface area contributed by atoms with Crippen LogP contribution in [0.25, 0.3) is 0 Å². The van der Waals surface area contributed by atoms with Crippen LogP contribution in [0.15, 0.2) is 54.6 Å². The molecular weight excluding hydrogens is 348 g/mol. The van der Waals surface area contributed by atoms with Crippen LogP contribution in [0, 0.1) is 5.92 Å². The SMILES string of the molecule is O=C(NCCOc1ccccc1Cl)C1CCN(Cc2ccccc2)CC1. The van der Waals surface area contributed by atoms with Gasteiger partial charge in [0.1, 0.15) is 12.4 Å². The molecule has 2 aromatic carbocycles. The van der Waals surface area contributed by atoms with Gasteiger partial charge in [0.25, 0.3) is 0 Å². The number of nitrogens with one attached hydrogen (secondary N) is 1. The van der Waals surface area contributed by atoms with Gasteiger partial charge in [-0.15, -0.1) is 0 Å². The predicted molar refractivity (Wildman–Crippen MR) is 104 cm³/mol. The Morgan fingerprint density at radius 1 is 1.08 bits per heavy atom. The third-order valence-electron chi connectivity index (χ3n) is 4.70. The Morgan fingerprint density at radius 3 is 2.50 bits per heavy atom. The predicted octanol–water partition coefficient (Wildman–Crippen LogP) is 3.75. The van der Waals surface area contributed by atoms with Crippen LogP contribution in [0.5, 0.6) is 5.75 Å². The molecule has 1 aliphatic heterocycles. The highest BCUT2D eigenvalue weighted by Gasteiger charge is 2.24. The number of likely N-dealkylation sites (tertiary alicyclic amines) is 1. The molecule has 5 heteroatoms. The smallest absolute Gasteiger partial charge is 0.223 e. The van der Waals surface area contributed by atoms with Gasteiger partial charge in [0.15, 0.2) is 0 Å². The molecule has 4 nitrogen and oxygen atoms in total. The number of carbonyl (C=O) groups is 1. The van der Waals surface area contributed by atoms with E-state index in [9.17, 15) is 4.79 Å². The van der Waals surface area contributed by atoms with Crippen molar-refractivity contribution in [1.29, 1.82) is 0 Å². The Bertz CT molecular complexity index is 700. The van der Waals surface area contributed by atoms with E-state index in [0.29, 0.717) is 23.9 Å². The van der Waals surface area contributed by atoms with Gasteiger partial charge in [0.05, 0.1) is 11.6 Å². The average Bonchev–Trinajstić information content (AvgIpc) is 2.68. The number of nitrogens with zero attached hydrogens (tertiary/aromatic N) is 1. The van der Waals surface area contributed by atoms with Crippen LogP contribution in [0.4, 0.5) is 0 Å². The summed E-state index contributed by atoms with van der Waals surface area (Å²) in [5.41, 5.74) is 1.33. The second kappa shape index (κ2) is 9.60. The maximum atomic E-state index is 12.3. The third-order valence-corrected chi connectivity index (χ3v) is 5.02. The van der Waals surface area contributed by atoms with Crippen molar-refractivity contribution in [2.24, 2.45) is 5.92 Å². The molecule has 1 aliphatic rings. The first-order chi connectivity index (χ1) is 12.7. The minimum absolute atomic E-state index is 0.0994. The third kappa shape index (κ3) is 5.48. The molecular formula is C21H25ClN2O2. The first-order valence-electron chi connectivity index (χ1n) is 9.13. The molecule has 1 amide bonds. The van der Waals surface area contributed by atoms with Gasteiger partial charge in [-0.25, -0.2) is 0 Å². The number of hydrogen-bond donors (Lipinski definition) is 1. The summed E-state index contributed by atoms with van der Waals surface area (Å²) in [6.45, 7) is 3.80. The van der Waals surface area contributed by atoms with Crippen LogP contribution in [0.3, 0.4) is 0 Å². The van der Waals surface area contributed by atoms with E-state index in [1.165, 1.54) is 5.56 Å². The molecule has 0 bridgehead atoms. The van der Waals surface area contributed by atoms with Crippen molar-refractivity contribution in [2.45, 2.75) is 19.4 Å². The molecule has 1 heterocycles. The van der Waals surface area contributed by atoms with Crippen LogP contribution < -0.4 is 10.1 Å². The van der Waals surface area contributed by atoms with E-state index in [2.05, 4.69) is 34.5 Å². The Balaban J connectivity index is 1.34. The fourth-order valence-electron chi connectivity index (χ4n) is 3.24. The molecule has 1 N–H and O–H groups in total. The van der Waals surface area contributed by atoms with Crippen LogP contribution in [-0.4, -0.2) is 37.0 Å². The topological polar surface area (TPSA) is 41.6 Å². The molecule has 138 valence electrons. The van der Waals surface area contributed by atoms with Crippen molar-refractivity contribution in [1.82, 2.24) is 10.2 Å². The van der Waals surface area contributed by atoms with E-state index in [0.717, 1.165) is 32.5 Å². The number of hydrogen-bond acceptors (Lipinski definition) is 3. The number of ether oxygens (including phenoxy) is 1. The Hall–Kier alpha value is -2.04. The Kier molecular flexibility index (Phi) is 6.92. The van der Waals surface area contributed by atoms with Crippen molar-refractivity contribution < 1.29 is 9.53 Å². The van der Waals surface area contributed by atoms with Gasteiger partial charge in [-0.05, 0) is 43.6 Å². The molecule has 0 spiro atoms. The largest absolute Gasteiger partial charge is 0.490 e. The molecule has 0 radical (unpaired) electrons. The summed E-state index contributed by atoms with van der Waals surface area (Å²) in [6.07, 6.45) is 1.81. The van der Waals surface area contributed by atoms with Gasteiger partial charge in [-0.3, -0.25) is 9.69 Å².